The Labute approximate surface area is 96.8 Å². The molecular weight excluding hydrogens is 200 g/mol. The standard InChI is InChI=1S/C12H20N4/c1-16-6-2-3-10(9-16)8-15-12-7-11(13)4-5-14-12/h4-5,7,10H,2-3,6,8-9H2,1H3,(H3,13,14,15). The number of hydrogen-bond acceptors (Lipinski definition) is 4. The molecule has 3 N–H and O–H groups in total. The van der Waals surface area contributed by atoms with E-state index in [9.17, 15) is 0 Å². The van der Waals surface area contributed by atoms with Crippen molar-refractivity contribution >= 4 is 11.5 Å². The Morgan fingerprint density at radius 1 is 1.62 bits per heavy atom. The lowest BCUT2D eigenvalue weighted by Gasteiger charge is -2.29. The van der Waals surface area contributed by atoms with Crippen molar-refractivity contribution in [2.24, 2.45) is 5.92 Å². The summed E-state index contributed by atoms with van der Waals surface area (Å²) in [5.74, 6) is 1.61. The molecule has 0 radical (unpaired) electrons. The van der Waals surface area contributed by atoms with E-state index in [2.05, 4.69) is 22.2 Å². The molecular formula is C12H20N4. The van der Waals surface area contributed by atoms with Gasteiger partial charge in [0.25, 0.3) is 0 Å². The van der Waals surface area contributed by atoms with Gasteiger partial charge >= 0.3 is 0 Å². The summed E-state index contributed by atoms with van der Waals surface area (Å²) < 4.78 is 0. The predicted octanol–water partition coefficient (Wildman–Crippen LogP) is 1.42. The van der Waals surface area contributed by atoms with Gasteiger partial charge in [0, 0.05) is 31.0 Å². The van der Waals surface area contributed by atoms with Crippen molar-refractivity contribution < 1.29 is 0 Å². The highest BCUT2D eigenvalue weighted by Crippen LogP contribution is 2.16. The van der Waals surface area contributed by atoms with Gasteiger partial charge in [0.1, 0.15) is 5.82 Å². The summed E-state index contributed by atoms with van der Waals surface area (Å²) >= 11 is 0. The first-order valence-corrected chi connectivity index (χ1v) is 5.88. The molecule has 88 valence electrons. The first kappa shape index (κ1) is 11.2. The van der Waals surface area contributed by atoms with Crippen LogP contribution >= 0.6 is 0 Å². The maximum Gasteiger partial charge on any atom is 0.127 e. The molecule has 2 rings (SSSR count). The van der Waals surface area contributed by atoms with Gasteiger partial charge in [0.05, 0.1) is 0 Å². The van der Waals surface area contributed by atoms with Crippen LogP contribution in [0.4, 0.5) is 11.5 Å². The number of aromatic nitrogens is 1. The molecule has 0 saturated carbocycles. The Morgan fingerprint density at radius 2 is 2.50 bits per heavy atom. The summed E-state index contributed by atoms with van der Waals surface area (Å²) in [7, 11) is 2.19. The van der Waals surface area contributed by atoms with Crippen LogP contribution in [0.2, 0.25) is 0 Å². The maximum atomic E-state index is 5.70. The fraction of sp³-hybridized carbons (Fsp3) is 0.583. The Morgan fingerprint density at radius 3 is 3.25 bits per heavy atom. The zero-order chi connectivity index (χ0) is 11.4. The van der Waals surface area contributed by atoms with Gasteiger partial charge in [0.15, 0.2) is 0 Å². The molecule has 16 heavy (non-hydrogen) atoms. The Kier molecular flexibility index (Phi) is 3.62. The number of hydrogen-bond donors (Lipinski definition) is 2. The zero-order valence-corrected chi connectivity index (χ0v) is 9.82. The second kappa shape index (κ2) is 5.16. The van der Waals surface area contributed by atoms with Gasteiger partial charge in [-0.25, -0.2) is 4.98 Å². The third-order valence-electron chi connectivity index (χ3n) is 3.08. The smallest absolute Gasteiger partial charge is 0.127 e. The summed E-state index contributed by atoms with van der Waals surface area (Å²) in [4.78, 5) is 6.63. The molecule has 4 nitrogen and oxygen atoms in total. The summed E-state index contributed by atoms with van der Waals surface area (Å²) in [5.41, 5.74) is 6.46. The van der Waals surface area contributed by atoms with E-state index in [4.69, 9.17) is 5.73 Å². The molecule has 1 aromatic rings. The van der Waals surface area contributed by atoms with Gasteiger partial charge in [-0.3, -0.25) is 0 Å². The quantitative estimate of drug-likeness (QED) is 0.809. The molecule has 2 heterocycles. The number of likely N-dealkylation sites (tertiary alicyclic amines) is 1. The fourth-order valence-electron chi connectivity index (χ4n) is 2.23. The van der Waals surface area contributed by atoms with Crippen LogP contribution in [0.5, 0.6) is 0 Å². The number of nitrogens with one attached hydrogen (secondary N) is 1. The molecule has 1 aliphatic heterocycles. The highest BCUT2D eigenvalue weighted by atomic mass is 15.1. The van der Waals surface area contributed by atoms with Gasteiger partial charge in [-0.2, -0.15) is 0 Å². The number of piperidine rings is 1. The van der Waals surface area contributed by atoms with Gasteiger partial charge in [-0.05, 0) is 38.4 Å². The molecule has 0 aromatic carbocycles. The normalized spacial score (nSPS) is 21.9. The monoisotopic (exact) mass is 220 g/mol. The van der Waals surface area contributed by atoms with E-state index in [-0.39, 0.29) is 0 Å². The van der Waals surface area contributed by atoms with Gasteiger partial charge in [0.2, 0.25) is 0 Å². The van der Waals surface area contributed by atoms with Gasteiger partial charge in [-0.15, -0.1) is 0 Å². The number of nitrogens with zero attached hydrogens (tertiary/aromatic N) is 2. The van der Waals surface area contributed by atoms with Crippen LogP contribution in [-0.4, -0.2) is 36.6 Å². The van der Waals surface area contributed by atoms with Crippen molar-refractivity contribution in [3.8, 4) is 0 Å². The van der Waals surface area contributed by atoms with Crippen molar-refractivity contribution in [1.82, 2.24) is 9.88 Å². The second-order valence-corrected chi connectivity index (χ2v) is 4.63. The van der Waals surface area contributed by atoms with Crippen molar-refractivity contribution in [2.45, 2.75) is 12.8 Å². The summed E-state index contributed by atoms with van der Waals surface area (Å²) in [6, 6.07) is 3.69. The van der Waals surface area contributed by atoms with Crippen LogP contribution in [-0.2, 0) is 0 Å². The summed E-state index contributed by atoms with van der Waals surface area (Å²) in [6.45, 7) is 3.39. The van der Waals surface area contributed by atoms with E-state index in [0.717, 1.165) is 24.0 Å². The Bertz CT molecular complexity index is 340. The van der Waals surface area contributed by atoms with Crippen LogP contribution in [0.25, 0.3) is 0 Å². The lowest BCUT2D eigenvalue weighted by molar-refractivity contribution is 0.217. The largest absolute Gasteiger partial charge is 0.399 e. The molecule has 1 saturated heterocycles. The summed E-state index contributed by atoms with van der Waals surface area (Å²) in [5, 5.41) is 3.36. The lowest BCUT2D eigenvalue weighted by Crippen LogP contribution is -2.35. The number of nitrogens with two attached hydrogens (primary N) is 1. The molecule has 4 heteroatoms. The molecule has 1 aromatic heterocycles. The minimum Gasteiger partial charge on any atom is -0.399 e. The van der Waals surface area contributed by atoms with Crippen molar-refractivity contribution in [3.63, 3.8) is 0 Å². The Balaban J connectivity index is 1.82. The number of pyridine rings is 1. The van der Waals surface area contributed by atoms with Crippen LogP contribution in [0, 0.1) is 5.92 Å². The molecule has 0 spiro atoms. The van der Waals surface area contributed by atoms with E-state index in [1.807, 2.05) is 6.07 Å². The zero-order valence-electron chi connectivity index (χ0n) is 9.82. The minimum absolute atomic E-state index is 0.724. The number of nitrogen functional groups attached to an aromatic ring is 1. The molecule has 1 unspecified atom stereocenters. The lowest BCUT2D eigenvalue weighted by atomic mass is 9.98. The average molecular weight is 220 g/mol. The Hall–Kier alpha value is -1.29. The first-order chi connectivity index (χ1) is 7.74. The molecule has 0 bridgehead atoms. The maximum absolute atomic E-state index is 5.70. The molecule has 1 aliphatic rings. The van der Waals surface area contributed by atoms with Crippen LogP contribution < -0.4 is 11.1 Å². The molecule has 1 fully saturated rings. The van der Waals surface area contributed by atoms with Crippen molar-refractivity contribution in [2.75, 3.05) is 37.7 Å². The third kappa shape index (κ3) is 3.10. The van der Waals surface area contributed by atoms with Crippen LogP contribution in [0.1, 0.15) is 12.8 Å². The van der Waals surface area contributed by atoms with Gasteiger partial charge < -0.3 is 16.0 Å². The number of rotatable bonds is 3. The number of anilines is 2. The second-order valence-electron chi connectivity index (χ2n) is 4.63. The predicted molar refractivity (Wildman–Crippen MR) is 67.4 cm³/mol. The van der Waals surface area contributed by atoms with E-state index in [0.29, 0.717) is 0 Å². The van der Waals surface area contributed by atoms with Crippen LogP contribution in [0.3, 0.4) is 0 Å². The van der Waals surface area contributed by atoms with Crippen molar-refractivity contribution in [3.05, 3.63) is 18.3 Å². The SMILES string of the molecule is CN1CCCC(CNc2cc(N)ccn2)C1. The van der Waals surface area contributed by atoms with Gasteiger partial charge in [-0.1, -0.05) is 0 Å². The topological polar surface area (TPSA) is 54.2 Å². The van der Waals surface area contributed by atoms with E-state index in [1.165, 1.54) is 25.9 Å². The fourth-order valence-corrected chi connectivity index (χ4v) is 2.23. The van der Waals surface area contributed by atoms with Crippen molar-refractivity contribution in [1.29, 1.82) is 0 Å². The average Bonchev–Trinajstić information content (AvgIpc) is 2.27. The highest BCUT2D eigenvalue weighted by Gasteiger charge is 2.16. The van der Waals surface area contributed by atoms with E-state index < -0.39 is 0 Å². The molecule has 0 aliphatic carbocycles. The first-order valence-electron chi connectivity index (χ1n) is 5.88. The van der Waals surface area contributed by atoms with E-state index >= 15 is 0 Å². The molecule has 0 amide bonds. The highest BCUT2D eigenvalue weighted by molar-refractivity contribution is 5.48. The van der Waals surface area contributed by atoms with E-state index in [1.54, 1.807) is 12.3 Å². The minimum atomic E-state index is 0.724. The van der Waals surface area contributed by atoms with Crippen LogP contribution in [0.15, 0.2) is 18.3 Å². The summed E-state index contributed by atoms with van der Waals surface area (Å²) in [6.07, 6.45) is 4.34. The third-order valence-corrected chi connectivity index (χ3v) is 3.08. The molecule has 1 atom stereocenters.